The first-order chi connectivity index (χ1) is 7.31. The van der Waals surface area contributed by atoms with Crippen LogP contribution in [0.25, 0.3) is 0 Å². The van der Waals surface area contributed by atoms with Crippen molar-refractivity contribution in [3.63, 3.8) is 0 Å². The summed E-state index contributed by atoms with van der Waals surface area (Å²) in [7, 11) is 0. The summed E-state index contributed by atoms with van der Waals surface area (Å²) < 4.78 is 2.38. The summed E-state index contributed by atoms with van der Waals surface area (Å²) in [6, 6.07) is 10.4. The van der Waals surface area contributed by atoms with Crippen molar-refractivity contribution in [1.82, 2.24) is 0 Å². The number of thiophene rings is 1. The Morgan fingerprint density at radius 3 is 2.80 bits per heavy atom. The smallest absolute Gasteiger partial charge is 0.0646 e. The van der Waals surface area contributed by atoms with E-state index >= 15 is 0 Å². The minimum Gasteiger partial charge on any atom is -0.326 e. The topological polar surface area (TPSA) is 26.0 Å². The van der Waals surface area contributed by atoms with E-state index in [9.17, 15) is 0 Å². The molecule has 0 unspecified atom stereocenters. The van der Waals surface area contributed by atoms with Crippen LogP contribution in [0.1, 0.15) is 5.56 Å². The summed E-state index contributed by atoms with van der Waals surface area (Å²) in [5, 5.41) is 2.09. The van der Waals surface area contributed by atoms with Crippen molar-refractivity contribution in [1.29, 1.82) is 0 Å². The SMILES string of the molecule is NCc1c(Br)cccc1Sc1cccs1. The second-order valence-electron chi connectivity index (χ2n) is 2.95. The maximum atomic E-state index is 5.74. The van der Waals surface area contributed by atoms with Gasteiger partial charge in [0.05, 0.1) is 4.21 Å². The Hall–Kier alpha value is -0.290. The Labute approximate surface area is 106 Å². The van der Waals surface area contributed by atoms with Crippen molar-refractivity contribution in [2.75, 3.05) is 0 Å². The predicted octanol–water partition coefficient (Wildman–Crippen LogP) is 4.12. The normalized spacial score (nSPS) is 10.5. The molecule has 2 aromatic rings. The van der Waals surface area contributed by atoms with Gasteiger partial charge in [0.1, 0.15) is 0 Å². The highest BCUT2D eigenvalue weighted by atomic mass is 79.9. The van der Waals surface area contributed by atoms with E-state index in [1.54, 1.807) is 23.1 Å². The van der Waals surface area contributed by atoms with Gasteiger partial charge >= 0.3 is 0 Å². The molecule has 1 aromatic carbocycles. The monoisotopic (exact) mass is 299 g/mol. The number of nitrogens with two attached hydrogens (primary N) is 1. The third kappa shape index (κ3) is 2.64. The molecule has 15 heavy (non-hydrogen) atoms. The molecule has 0 amide bonds. The first-order valence-corrected chi connectivity index (χ1v) is 6.99. The molecule has 1 heterocycles. The molecule has 0 aliphatic rings. The molecule has 78 valence electrons. The Kier molecular flexibility index (Phi) is 3.86. The zero-order valence-corrected chi connectivity index (χ0v) is 11.2. The summed E-state index contributed by atoms with van der Waals surface area (Å²) in [4.78, 5) is 1.23. The second-order valence-corrected chi connectivity index (χ2v) is 6.10. The van der Waals surface area contributed by atoms with E-state index in [1.165, 1.54) is 14.7 Å². The molecule has 0 saturated heterocycles. The third-order valence-electron chi connectivity index (χ3n) is 1.99. The number of hydrogen-bond donors (Lipinski definition) is 1. The van der Waals surface area contributed by atoms with Crippen molar-refractivity contribution in [2.24, 2.45) is 5.73 Å². The number of hydrogen-bond acceptors (Lipinski definition) is 3. The van der Waals surface area contributed by atoms with Crippen LogP contribution >= 0.6 is 39.0 Å². The Morgan fingerprint density at radius 2 is 2.13 bits per heavy atom. The number of benzene rings is 1. The van der Waals surface area contributed by atoms with Crippen molar-refractivity contribution in [2.45, 2.75) is 15.6 Å². The van der Waals surface area contributed by atoms with Crippen LogP contribution in [0, 0.1) is 0 Å². The van der Waals surface area contributed by atoms with Gasteiger partial charge in [-0.15, -0.1) is 11.3 Å². The van der Waals surface area contributed by atoms with Gasteiger partial charge in [-0.05, 0) is 29.1 Å². The highest BCUT2D eigenvalue weighted by Crippen LogP contribution is 2.35. The molecular formula is C11H10BrNS2. The fourth-order valence-corrected chi connectivity index (χ4v) is 3.83. The summed E-state index contributed by atoms with van der Waals surface area (Å²) in [6.45, 7) is 0.565. The first kappa shape index (κ1) is 11.2. The van der Waals surface area contributed by atoms with Gasteiger partial charge in [0.25, 0.3) is 0 Å². The minimum absolute atomic E-state index is 0.565. The van der Waals surface area contributed by atoms with Crippen molar-refractivity contribution in [3.8, 4) is 0 Å². The lowest BCUT2D eigenvalue weighted by atomic mass is 10.2. The van der Waals surface area contributed by atoms with Gasteiger partial charge in [-0.2, -0.15) is 0 Å². The standard InChI is InChI=1S/C11H10BrNS2/c12-9-3-1-4-10(8(9)7-13)15-11-5-2-6-14-11/h1-6H,7,13H2. The van der Waals surface area contributed by atoms with Crippen LogP contribution in [0.2, 0.25) is 0 Å². The molecule has 0 atom stereocenters. The number of rotatable bonds is 3. The molecule has 0 spiro atoms. The average molecular weight is 300 g/mol. The minimum atomic E-state index is 0.565. The molecule has 1 aromatic heterocycles. The van der Waals surface area contributed by atoms with Crippen LogP contribution in [0.4, 0.5) is 0 Å². The molecule has 2 rings (SSSR count). The maximum absolute atomic E-state index is 5.74. The molecule has 4 heteroatoms. The highest BCUT2D eigenvalue weighted by Gasteiger charge is 2.06. The molecule has 1 nitrogen and oxygen atoms in total. The quantitative estimate of drug-likeness (QED) is 0.922. The first-order valence-electron chi connectivity index (χ1n) is 4.50. The average Bonchev–Trinajstić information content (AvgIpc) is 2.71. The van der Waals surface area contributed by atoms with Crippen molar-refractivity contribution < 1.29 is 0 Å². The van der Waals surface area contributed by atoms with Crippen LogP contribution in [0.15, 0.2) is 49.3 Å². The van der Waals surface area contributed by atoms with Crippen molar-refractivity contribution >= 4 is 39.0 Å². The predicted molar refractivity (Wildman–Crippen MR) is 70.5 cm³/mol. The van der Waals surface area contributed by atoms with Crippen LogP contribution < -0.4 is 5.73 Å². The fourth-order valence-electron chi connectivity index (χ4n) is 1.26. The zero-order chi connectivity index (χ0) is 10.7. The van der Waals surface area contributed by atoms with Crippen LogP contribution in [-0.2, 0) is 6.54 Å². The van der Waals surface area contributed by atoms with Gasteiger partial charge in [0.15, 0.2) is 0 Å². The molecule has 0 radical (unpaired) electrons. The summed E-state index contributed by atoms with van der Waals surface area (Å²) in [6.07, 6.45) is 0. The van der Waals surface area contributed by atoms with E-state index in [0.29, 0.717) is 6.54 Å². The van der Waals surface area contributed by atoms with E-state index in [4.69, 9.17) is 5.73 Å². The highest BCUT2D eigenvalue weighted by molar-refractivity contribution is 9.10. The molecule has 2 N–H and O–H groups in total. The van der Waals surface area contributed by atoms with E-state index in [-0.39, 0.29) is 0 Å². The molecule has 0 bridgehead atoms. The van der Waals surface area contributed by atoms with Gasteiger partial charge in [0, 0.05) is 15.9 Å². The van der Waals surface area contributed by atoms with E-state index in [2.05, 4.69) is 39.5 Å². The maximum Gasteiger partial charge on any atom is 0.0646 e. The lowest BCUT2D eigenvalue weighted by molar-refractivity contribution is 1.02. The Bertz CT molecular complexity index is 440. The third-order valence-corrected chi connectivity index (χ3v) is 4.87. The molecule has 0 fully saturated rings. The van der Waals surface area contributed by atoms with Gasteiger partial charge in [-0.25, -0.2) is 0 Å². The van der Waals surface area contributed by atoms with Crippen LogP contribution in [-0.4, -0.2) is 0 Å². The Balaban J connectivity index is 2.32. The summed E-state index contributed by atoms with van der Waals surface area (Å²) >= 11 is 7.04. The lowest BCUT2D eigenvalue weighted by Gasteiger charge is -2.07. The largest absolute Gasteiger partial charge is 0.326 e. The molecular weight excluding hydrogens is 290 g/mol. The molecule has 0 aliphatic carbocycles. The van der Waals surface area contributed by atoms with Gasteiger partial charge in [-0.3, -0.25) is 0 Å². The Morgan fingerprint density at radius 1 is 1.27 bits per heavy atom. The molecule has 0 aliphatic heterocycles. The fraction of sp³-hybridized carbons (Fsp3) is 0.0909. The molecule has 0 saturated carbocycles. The number of halogens is 1. The van der Waals surface area contributed by atoms with Crippen LogP contribution in [0.5, 0.6) is 0 Å². The van der Waals surface area contributed by atoms with Gasteiger partial charge in [-0.1, -0.05) is 39.8 Å². The van der Waals surface area contributed by atoms with Gasteiger partial charge < -0.3 is 5.73 Å². The van der Waals surface area contributed by atoms with E-state index in [0.717, 1.165) is 4.47 Å². The summed E-state index contributed by atoms with van der Waals surface area (Å²) in [5.74, 6) is 0. The lowest BCUT2D eigenvalue weighted by Crippen LogP contribution is -1.99. The van der Waals surface area contributed by atoms with Crippen molar-refractivity contribution in [3.05, 3.63) is 45.7 Å². The summed E-state index contributed by atoms with van der Waals surface area (Å²) in [5.41, 5.74) is 6.92. The van der Waals surface area contributed by atoms with Crippen LogP contribution in [0.3, 0.4) is 0 Å². The zero-order valence-electron chi connectivity index (χ0n) is 7.94. The van der Waals surface area contributed by atoms with E-state index < -0.39 is 0 Å². The second kappa shape index (κ2) is 5.16. The van der Waals surface area contributed by atoms with E-state index in [1.807, 2.05) is 12.1 Å². The van der Waals surface area contributed by atoms with Gasteiger partial charge in [0.2, 0.25) is 0 Å².